The van der Waals surface area contributed by atoms with Gasteiger partial charge >= 0.3 is 0 Å². The molecular formula is C16H12N4O. The topological polar surface area (TPSA) is 104 Å². The van der Waals surface area contributed by atoms with Crippen molar-refractivity contribution in [1.29, 1.82) is 21.0 Å². The number of fused-ring (bicyclic) bond motifs is 5. The van der Waals surface area contributed by atoms with Crippen LogP contribution in [0.15, 0.2) is 23.3 Å². The van der Waals surface area contributed by atoms with Gasteiger partial charge in [-0.15, -0.1) is 0 Å². The van der Waals surface area contributed by atoms with E-state index in [9.17, 15) is 21.0 Å². The normalized spacial score (nSPS) is 40.2. The van der Waals surface area contributed by atoms with Crippen LogP contribution in [-0.2, 0) is 4.74 Å². The first kappa shape index (κ1) is 13.4. The first-order chi connectivity index (χ1) is 10.2. The van der Waals surface area contributed by atoms with E-state index in [2.05, 4.69) is 24.3 Å². The van der Waals surface area contributed by atoms with Crippen LogP contribution in [-0.4, -0.2) is 12.2 Å². The van der Waals surface area contributed by atoms with Gasteiger partial charge in [-0.05, 0) is 25.7 Å². The maximum atomic E-state index is 9.79. The summed E-state index contributed by atoms with van der Waals surface area (Å²) in [6.45, 7) is 0. The number of ether oxygens (including phenoxy) is 1. The van der Waals surface area contributed by atoms with Gasteiger partial charge in [0, 0.05) is 11.1 Å². The van der Waals surface area contributed by atoms with E-state index < -0.39 is 23.0 Å². The molecule has 1 saturated heterocycles. The van der Waals surface area contributed by atoms with Crippen molar-refractivity contribution in [2.24, 2.45) is 10.8 Å². The molecular weight excluding hydrogens is 264 g/mol. The average molecular weight is 276 g/mol. The van der Waals surface area contributed by atoms with Crippen LogP contribution < -0.4 is 0 Å². The Bertz CT molecular complexity index is 663. The third kappa shape index (κ3) is 1.45. The fourth-order valence-corrected chi connectivity index (χ4v) is 3.88. The molecule has 21 heavy (non-hydrogen) atoms. The second kappa shape index (κ2) is 4.46. The lowest BCUT2D eigenvalue weighted by atomic mass is 9.54. The van der Waals surface area contributed by atoms with Gasteiger partial charge in [-0.1, -0.05) is 12.2 Å². The molecule has 1 fully saturated rings. The molecule has 102 valence electrons. The zero-order valence-corrected chi connectivity index (χ0v) is 11.3. The van der Waals surface area contributed by atoms with Gasteiger partial charge in [0.15, 0.2) is 0 Å². The van der Waals surface area contributed by atoms with Crippen molar-refractivity contribution in [1.82, 2.24) is 0 Å². The molecule has 0 saturated carbocycles. The molecule has 3 aliphatic rings. The van der Waals surface area contributed by atoms with Crippen molar-refractivity contribution >= 4 is 0 Å². The van der Waals surface area contributed by atoms with Crippen LogP contribution in [0.5, 0.6) is 0 Å². The zero-order chi connectivity index (χ0) is 15.1. The molecule has 0 aromatic heterocycles. The highest BCUT2D eigenvalue weighted by atomic mass is 16.5. The molecule has 0 aromatic rings. The van der Waals surface area contributed by atoms with E-state index in [0.29, 0.717) is 36.8 Å². The highest BCUT2D eigenvalue weighted by molar-refractivity contribution is 5.43. The quantitative estimate of drug-likeness (QED) is 0.631. The van der Waals surface area contributed by atoms with Gasteiger partial charge in [0.2, 0.25) is 0 Å². The summed E-state index contributed by atoms with van der Waals surface area (Å²) in [4.78, 5) is 0. The zero-order valence-electron chi connectivity index (χ0n) is 11.3. The summed E-state index contributed by atoms with van der Waals surface area (Å²) in [6.07, 6.45) is 4.35. The van der Waals surface area contributed by atoms with Gasteiger partial charge in [0.05, 0.1) is 36.5 Å². The van der Waals surface area contributed by atoms with Gasteiger partial charge in [-0.3, -0.25) is 0 Å². The predicted octanol–water partition coefficient (Wildman–Crippen LogP) is 2.26. The maximum absolute atomic E-state index is 9.79. The summed E-state index contributed by atoms with van der Waals surface area (Å²) in [5.74, 6) is 0. The minimum Gasteiger partial charge on any atom is -0.363 e. The summed E-state index contributed by atoms with van der Waals surface area (Å²) < 4.78 is 5.82. The third-order valence-electron chi connectivity index (χ3n) is 5.09. The standard InChI is InChI=1S/C16H12N4O/c17-7-11-3-5-15(9-19)13-1-2-14(21-13)16(15,10-20)6-4-12(11)8-18/h1-2,13-14H,3-6H2. The smallest absolute Gasteiger partial charge is 0.109 e. The Labute approximate surface area is 123 Å². The lowest BCUT2D eigenvalue weighted by molar-refractivity contribution is 0.0898. The number of nitrogens with zero attached hydrogens (tertiary/aromatic N) is 4. The van der Waals surface area contributed by atoms with E-state index >= 15 is 0 Å². The number of allylic oxidation sites excluding steroid dienone is 2. The van der Waals surface area contributed by atoms with Crippen LogP contribution in [0, 0.1) is 56.2 Å². The van der Waals surface area contributed by atoms with Crippen LogP contribution in [0.3, 0.4) is 0 Å². The van der Waals surface area contributed by atoms with Gasteiger partial charge in [-0.2, -0.15) is 21.0 Å². The Morgan fingerprint density at radius 3 is 1.62 bits per heavy atom. The molecule has 2 bridgehead atoms. The van der Waals surface area contributed by atoms with Gasteiger partial charge in [0.1, 0.15) is 10.8 Å². The van der Waals surface area contributed by atoms with E-state index in [1.165, 1.54) is 0 Å². The Hall–Kier alpha value is -2.60. The molecule has 2 heterocycles. The Balaban J connectivity index is 2.14. The molecule has 1 aliphatic carbocycles. The number of nitriles is 4. The van der Waals surface area contributed by atoms with Crippen molar-refractivity contribution < 1.29 is 4.74 Å². The molecule has 5 nitrogen and oxygen atoms in total. The predicted molar refractivity (Wildman–Crippen MR) is 70.6 cm³/mol. The minimum absolute atomic E-state index is 0.344. The summed E-state index contributed by atoms with van der Waals surface area (Å²) >= 11 is 0. The lowest BCUT2D eigenvalue weighted by Gasteiger charge is -2.41. The SMILES string of the molecule is N#CC1=C(C#N)CCC2(C#N)C3C=CC(O3)C2(C#N)CC1. The number of hydrogen-bond acceptors (Lipinski definition) is 5. The van der Waals surface area contributed by atoms with E-state index in [0.717, 1.165) is 0 Å². The summed E-state index contributed by atoms with van der Waals surface area (Å²) in [6, 6.07) is 8.82. The van der Waals surface area contributed by atoms with Crippen molar-refractivity contribution in [2.75, 3.05) is 0 Å². The second-order valence-corrected chi connectivity index (χ2v) is 5.71. The van der Waals surface area contributed by atoms with E-state index in [1.807, 2.05) is 12.2 Å². The fourth-order valence-electron chi connectivity index (χ4n) is 3.88. The molecule has 4 unspecified atom stereocenters. The molecule has 0 amide bonds. The van der Waals surface area contributed by atoms with Crippen LogP contribution in [0.25, 0.3) is 0 Å². The molecule has 4 atom stereocenters. The van der Waals surface area contributed by atoms with Gasteiger partial charge < -0.3 is 4.74 Å². The van der Waals surface area contributed by atoms with Crippen LogP contribution in [0.2, 0.25) is 0 Å². The maximum Gasteiger partial charge on any atom is 0.109 e. The molecule has 0 radical (unpaired) electrons. The first-order valence-corrected chi connectivity index (χ1v) is 6.86. The molecule has 5 heteroatoms. The highest BCUT2D eigenvalue weighted by Gasteiger charge is 2.68. The minimum atomic E-state index is -0.926. The Kier molecular flexibility index (Phi) is 2.84. The lowest BCUT2D eigenvalue weighted by Crippen LogP contribution is -2.47. The average Bonchev–Trinajstić information content (AvgIpc) is 3.07. The van der Waals surface area contributed by atoms with Crippen LogP contribution in [0.4, 0.5) is 0 Å². The second-order valence-electron chi connectivity index (χ2n) is 5.71. The van der Waals surface area contributed by atoms with Crippen molar-refractivity contribution in [2.45, 2.75) is 37.9 Å². The van der Waals surface area contributed by atoms with Gasteiger partial charge in [0.25, 0.3) is 0 Å². The van der Waals surface area contributed by atoms with Crippen molar-refractivity contribution in [3.05, 3.63) is 23.3 Å². The summed E-state index contributed by atoms with van der Waals surface area (Å²) in [5, 5.41) is 38.0. The van der Waals surface area contributed by atoms with Crippen LogP contribution in [0.1, 0.15) is 25.7 Å². The number of hydrogen-bond donors (Lipinski definition) is 0. The molecule has 0 spiro atoms. The van der Waals surface area contributed by atoms with Gasteiger partial charge in [-0.25, -0.2) is 0 Å². The Morgan fingerprint density at radius 2 is 1.29 bits per heavy atom. The summed E-state index contributed by atoms with van der Waals surface area (Å²) in [7, 11) is 0. The highest BCUT2D eigenvalue weighted by Crippen LogP contribution is 2.62. The van der Waals surface area contributed by atoms with E-state index in [1.54, 1.807) is 0 Å². The monoisotopic (exact) mass is 276 g/mol. The summed E-state index contributed by atoms with van der Waals surface area (Å²) in [5.41, 5.74) is -0.982. The van der Waals surface area contributed by atoms with Crippen molar-refractivity contribution in [3.8, 4) is 24.3 Å². The third-order valence-corrected chi connectivity index (χ3v) is 5.09. The molecule has 2 aliphatic heterocycles. The molecule has 0 N–H and O–H groups in total. The first-order valence-electron chi connectivity index (χ1n) is 6.86. The van der Waals surface area contributed by atoms with E-state index in [-0.39, 0.29) is 0 Å². The molecule has 3 rings (SSSR count). The Morgan fingerprint density at radius 1 is 0.857 bits per heavy atom. The molecule has 0 aromatic carbocycles. The van der Waals surface area contributed by atoms with E-state index in [4.69, 9.17) is 4.74 Å². The number of rotatable bonds is 0. The largest absolute Gasteiger partial charge is 0.363 e. The fraction of sp³-hybridized carbons (Fsp3) is 0.500. The van der Waals surface area contributed by atoms with Crippen LogP contribution >= 0.6 is 0 Å². The van der Waals surface area contributed by atoms with Crippen molar-refractivity contribution in [3.63, 3.8) is 0 Å².